The van der Waals surface area contributed by atoms with Crippen molar-refractivity contribution in [1.82, 2.24) is 0 Å². The molecule has 0 bridgehead atoms. The van der Waals surface area contributed by atoms with Crippen molar-refractivity contribution in [2.75, 3.05) is 19.8 Å². The zero-order valence-corrected chi connectivity index (χ0v) is 33.3. The van der Waals surface area contributed by atoms with Crippen LogP contribution in [0.25, 0.3) is 0 Å². The van der Waals surface area contributed by atoms with E-state index in [0.717, 1.165) is 51.4 Å². The van der Waals surface area contributed by atoms with Crippen LogP contribution in [0, 0.1) is 0 Å². The van der Waals surface area contributed by atoms with Crippen molar-refractivity contribution in [3.63, 3.8) is 0 Å². The monoisotopic (exact) mass is 757 g/mol. The Morgan fingerprint density at radius 3 is 1.56 bits per heavy atom. The second kappa shape index (κ2) is 35.7. The second-order valence-corrected chi connectivity index (χ2v) is 14.9. The first-order valence-electron chi connectivity index (χ1n) is 20.0. The number of phosphoric acid groups is 1. The van der Waals surface area contributed by atoms with Crippen molar-refractivity contribution >= 4 is 25.7 Å². The van der Waals surface area contributed by atoms with E-state index in [0.29, 0.717) is 12.8 Å². The minimum absolute atomic E-state index is 0.114. The highest BCUT2D eigenvalue weighted by atomic mass is 31.2. The van der Waals surface area contributed by atoms with Gasteiger partial charge in [-0.05, 0) is 51.4 Å². The van der Waals surface area contributed by atoms with E-state index in [1.54, 1.807) is 0 Å². The summed E-state index contributed by atoms with van der Waals surface area (Å²) in [5, 5.41) is 8.86. The first-order valence-corrected chi connectivity index (χ1v) is 21.5. The number of phosphoric ester groups is 1. The molecule has 0 rings (SSSR count). The number of nitrogens with two attached hydrogens (primary N) is 1. The van der Waals surface area contributed by atoms with Gasteiger partial charge in [-0.2, -0.15) is 0 Å². The molecule has 0 aromatic rings. The number of carbonyl (C=O) groups excluding carboxylic acids is 2. The number of carboxylic acid groups (broad SMARTS) is 1. The maximum atomic E-state index is 12.6. The predicted molar refractivity (Wildman–Crippen MR) is 208 cm³/mol. The first kappa shape index (κ1) is 49.7. The average Bonchev–Trinajstić information content (AvgIpc) is 3.12. The lowest BCUT2D eigenvalue weighted by Crippen LogP contribution is -2.34. The van der Waals surface area contributed by atoms with Gasteiger partial charge < -0.3 is 25.2 Å². The zero-order valence-electron chi connectivity index (χ0n) is 32.4. The van der Waals surface area contributed by atoms with Crippen molar-refractivity contribution < 1.29 is 47.5 Å². The minimum Gasteiger partial charge on any atom is -0.480 e. The van der Waals surface area contributed by atoms with Crippen LogP contribution in [-0.2, 0) is 37.5 Å². The van der Waals surface area contributed by atoms with Crippen LogP contribution in [0.3, 0.4) is 0 Å². The summed E-state index contributed by atoms with van der Waals surface area (Å²) in [5.41, 5.74) is 5.32. The third-order valence-corrected chi connectivity index (χ3v) is 9.34. The van der Waals surface area contributed by atoms with Crippen LogP contribution in [0.15, 0.2) is 36.5 Å². The molecule has 1 unspecified atom stereocenters. The SMILES string of the molecule is CCCCC/C=C\C/C=C\C/C=C\CCCCC(=O)O[C@H](COC(=O)CCCCCCCCCCCCCCC)COP(=O)(O)OC[C@H](N)C(=O)O. The Kier molecular flexibility index (Phi) is 34.1. The molecule has 0 aromatic carbocycles. The van der Waals surface area contributed by atoms with Crippen LogP contribution in [0.4, 0.5) is 0 Å². The maximum Gasteiger partial charge on any atom is 0.472 e. The van der Waals surface area contributed by atoms with Crippen LogP contribution in [0.2, 0.25) is 0 Å². The number of esters is 2. The lowest BCUT2D eigenvalue weighted by atomic mass is 10.0. The zero-order chi connectivity index (χ0) is 38.5. The van der Waals surface area contributed by atoms with Gasteiger partial charge in [-0.1, -0.05) is 140 Å². The lowest BCUT2D eigenvalue weighted by Gasteiger charge is -2.20. The summed E-state index contributed by atoms with van der Waals surface area (Å²) in [6.45, 7) is 2.72. The summed E-state index contributed by atoms with van der Waals surface area (Å²) in [6.07, 6.45) is 36.4. The quantitative estimate of drug-likeness (QED) is 0.0238. The van der Waals surface area contributed by atoms with E-state index in [4.69, 9.17) is 24.8 Å². The van der Waals surface area contributed by atoms with Crippen molar-refractivity contribution in [3.05, 3.63) is 36.5 Å². The molecule has 0 aromatic heterocycles. The van der Waals surface area contributed by atoms with Gasteiger partial charge in [0, 0.05) is 12.8 Å². The summed E-state index contributed by atoms with van der Waals surface area (Å²) < 4.78 is 32.6. The van der Waals surface area contributed by atoms with E-state index in [1.165, 1.54) is 77.0 Å². The highest BCUT2D eigenvalue weighted by molar-refractivity contribution is 7.47. The highest BCUT2D eigenvalue weighted by Gasteiger charge is 2.28. The molecule has 302 valence electrons. The number of unbranched alkanes of at least 4 members (excludes halogenated alkanes) is 17. The van der Waals surface area contributed by atoms with E-state index in [9.17, 15) is 23.8 Å². The molecule has 11 nitrogen and oxygen atoms in total. The van der Waals surface area contributed by atoms with Crippen molar-refractivity contribution in [1.29, 1.82) is 0 Å². The number of hydrogen-bond donors (Lipinski definition) is 3. The molecular weight excluding hydrogens is 685 g/mol. The first-order chi connectivity index (χ1) is 25.1. The van der Waals surface area contributed by atoms with Gasteiger partial charge >= 0.3 is 25.7 Å². The van der Waals surface area contributed by atoms with E-state index in [1.807, 2.05) is 0 Å². The number of allylic oxidation sites excluding steroid dienone is 6. The summed E-state index contributed by atoms with van der Waals surface area (Å²) in [4.78, 5) is 45.8. The van der Waals surface area contributed by atoms with Gasteiger partial charge in [-0.15, -0.1) is 0 Å². The molecule has 0 radical (unpaired) electrons. The molecule has 0 amide bonds. The molecule has 3 atom stereocenters. The van der Waals surface area contributed by atoms with Gasteiger partial charge in [0.25, 0.3) is 0 Å². The van der Waals surface area contributed by atoms with Crippen LogP contribution in [0.5, 0.6) is 0 Å². The normalized spacial score (nSPS) is 14.2. The molecule has 12 heteroatoms. The molecule has 0 heterocycles. The molecule has 0 saturated carbocycles. The molecule has 0 fully saturated rings. The van der Waals surface area contributed by atoms with Crippen molar-refractivity contribution in [2.24, 2.45) is 5.73 Å². The Morgan fingerprint density at radius 2 is 1.02 bits per heavy atom. The van der Waals surface area contributed by atoms with Gasteiger partial charge in [0.2, 0.25) is 0 Å². The fourth-order valence-electron chi connectivity index (χ4n) is 5.19. The predicted octanol–water partition coefficient (Wildman–Crippen LogP) is 10.1. The average molecular weight is 758 g/mol. The topological polar surface area (TPSA) is 172 Å². The van der Waals surface area contributed by atoms with Crippen LogP contribution in [-0.4, -0.2) is 59.9 Å². The fourth-order valence-corrected chi connectivity index (χ4v) is 5.97. The second-order valence-electron chi connectivity index (χ2n) is 13.4. The standard InChI is InChI=1S/C40H72NO10P/c1-3-5-7-9-11-13-15-17-18-20-22-24-26-28-30-32-39(43)51-36(34-49-52(46,47)50-35-37(41)40(44)45)33-48-38(42)31-29-27-25-23-21-19-16-14-12-10-8-6-4-2/h11,13,17-18,22,24,36-37H,3-10,12,14-16,19-21,23,25-35,41H2,1-2H3,(H,44,45)(H,46,47)/b13-11-,18-17-,24-22-/t36-,37+/m1/s1. The van der Waals surface area contributed by atoms with Gasteiger partial charge in [0.15, 0.2) is 6.10 Å². The lowest BCUT2D eigenvalue weighted by molar-refractivity contribution is -0.161. The van der Waals surface area contributed by atoms with E-state index >= 15 is 0 Å². The van der Waals surface area contributed by atoms with Gasteiger partial charge in [-0.25, -0.2) is 4.57 Å². The minimum atomic E-state index is -4.72. The summed E-state index contributed by atoms with van der Waals surface area (Å²) >= 11 is 0. The number of carbonyl (C=O) groups is 3. The van der Waals surface area contributed by atoms with Gasteiger partial charge in [0.05, 0.1) is 13.2 Å². The fraction of sp³-hybridized carbons (Fsp3) is 0.775. The Hall–Kier alpha value is -2.30. The Labute approximate surface area is 314 Å². The van der Waals surface area contributed by atoms with E-state index in [2.05, 4.69) is 54.8 Å². The Bertz CT molecular complexity index is 1030. The van der Waals surface area contributed by atoms with Crippen LogP contribution in [0.1, 0.15) is 168 Å². The summed E-state index contributed by atoms with van der Waals surface area (Å²) in [7, 11) is -4.72. The molecule has 4 N–H and O–H groups in total. The molecule has 0 aliphatic heterocycles. The highest BCUT2D eigenvalue weighted by Crippen LogP contribution is 2.43. The Morgan fingerprint density at radius 1 is 0.596 bits per heavy atom. The van der Waals surface area contributed by atoms with Crippen molar-refractivity contribution in [2.45, 2.75) is 180 Å². The summed E-state index contributed by atoms with van der Waals surface area (Å²) in [6, 6.07) is -1.53. The van der Waals surface area contributed by atoms with Crippen molar-refractivity contribution in [3.8, 4) is 0 Å². The van der Waals surface area contributed by atoms with Crippen LogP contribution >= 0.6 is 7.82 Å². The number of aliphatic carboxylic acids is 1. The molecule has 0 aliphatic rings. The number of ether oxygens (including phenoxy) is 2. The van der Waals surface area contributed by atoms with E-state index < -0.39 is 51.1 Å². The molecule has 52 heavy (non-hydrogen) atoms. The van der Waals surface area contributed by atoms with E-state index in [-0.39, 0.29) is 19.4 Å². The summed E-state index contributed by atoms with van der Waals surface area (Å²) in [5.74, 6) is -2.43. The third kappa shape index (κ3) is 34.8. The largest absolute Gasteiger partial charge is 0.480 e. The number of hydrogen-bond acceptors (Lipinski definition) is 9. The van der Waals surface area contributed by atoms with Gasteiger partial charge in [0.1, 0.15) is 12.6 Å². The Balaban J connectivity index is 4.49. The molecule has 0 aliphatic carbocycles. The third-order valence-electron chi connectivity index (χ3n) is 8.39. The van der Waals surface area contributed by atoms with Crippen LogP contribution < -0.4 is 5.73 Å². The molecule has 0 saturated heterocycles. The maximum absolute atomic E-state index is 12.6. The number of rotatable bonds is 37. The smallest absolute Gasteiger partial charge is 0.472 e. The molecule has 0 spiro atoms. The van der Waals surface area contributed by atoms with Gasteiger partial charge in [-0.3, -0.25) is 23.4 Å². The number of carboxylic acids is 1. The molecular formula is C40H72NO10P.